The largest absolute Gasteiger partial charge is 0.478 e. The Labute approximate surface area is 115 Å². The molecule has 2 nitrogen and oxygen atoms in total. The van der Waals surface area contributed by atoms with Crippen molar-refractivity contribution in [1.29, 1.82) is 0 Å². The monoisotopic (exact) mass is 285 g/mol. The topological polar surface area (TPSA) is 37.3 Å². The Morgan fingerprint density at radius 2 is 1.50 bits per heavy atom. The third kappa shape index (κ3) is 1.88. The normalized spacial score (nSPS) is 10.2. The average Bonchev–Trinajstić information content (AvgIpc) is 2.37. The van der Waals surface area contributed by atoms with Crippen molar-refractivity contribution in [3.8, 4) is 0 Å². The molecule has 0 fully saturated rings. The molecule has 0 bridgehead atoms. The molecular weight excluding hydrogens is 276 g/mol. The minimum Gasteiger partial charge on any atom is -0.478 e. The summed E-state index contributed by atoms with van der Waals surface area (Å²) in [5.41, 5.74) is 0.355. The van der Waals surface area contributed by atoms with E-state index in [9.17, 15) is 4.79 Å². The van der Waals surface area contributed by atoms with Crippen LogP contribution in [0.15, 0.2) is 54.6 Å². The molecule has 1 radical (unpaired) electrons. The molecule has 0 aromatic heterocycles. The van der Waals surface area contributed by atoms with Crippen LogP contribution in [0.5, 0.6) is 0 Å². The van der Waals surface area contributed by atoms with E-state index in [4.69, 9.17) is 5.11 Å². The van der Waals surface area contributed by atoms with Gasteiger partial charge in [0.2, 0.25) is 0 Å². The molecule has 0 saturated carbocycles. The predicted molar refractivity (Wildman–Crippen MR) is 68.4 cm³/mol. The van der Waals surface area contributed by atoms with Gasteiger partial charge in [-0.25, -0.2) is 4.79 Å². The van der Waals surface area contributed by atoms with Gasteiger partial charge in [-0.3, -0.25) is 0 Å². The first-order chi connectivity index (χ1) is 8.27. The van der Waals surface area contributed by atoms with Crippen LogP contribution < -0.4 is 0 Å². The molecule has 0 unspecified atom stereocenters. The van der Waals surface area contributed by atoms with E-state index in [1.165, 1.54) is 0 Å². The van der Waals surface area contributed by atoms with Crippen LogP contribution in [0, 0.1) is 0 Å². The van der Waals surface area contributed by atoms with Crippen molar-refractivity contribution in [3.63, 3.8) is 0 Å². The van der Waals surface area contributed by atoms with E-state index in [1.807, 2.05) is 42.5 Å². The van der Waals surface area contributed by atoms with E-state index in [1.54, 1.807) is 12.1 Å². The first-order valence-corrected chi connectivity index (χ1v) is 5.41. The first kappa shape index (κ1) is 12.6. The van der Waals surface area contributed by atoms with Crippen LogP contribution in [0.25, 0.3) is 21.5 Å². The number of fused-ring (bicyclic) bond motifs is 3. The molecule has 0 atom stereocenters. The van der Waals surface area contributed by atoms with Crippen molar-refractivity contribution in [2.75, 3.05) is 0 Å². The number of carboxylic acid groups (broad SMARTS) is 1. The zero-order valence-corrected chi connectivity index (χ0v) is 10.3. The SMILES string of the molecule is O=C(O)c1cccc2c1ccc1ccccc12.[Cu]. The van der Waals surface area contributed by atoms with Gasteiger partial charge < -0.3 is 5.11 Å². The van der Waals surface area contributed by atoms with Crippen LogP contribution in [0.1, 0.15) is 10.4 Å². The van der Waals surface area contributed by atoms with E-state index in [0.29, 0.717) is 5.56 Å². The van der Waals surface area contributed by atoms with Crippen LogP contribution in [-0.2, 0) is 17.1 Å². The molecule has 3 aromatic carbocycles. The second-order valence-corrected chi connectivity index (χ2v) is 3.99. The molecule has 18 heavy (non-hydrogen) atoms. The summed E-state index contributed by atoms with van der Waals surface area (Å²) in [6, 6.07) is 17.2. The number of carbonyl (C=O) groups is 1. The second kappa shape index (κ2) is 4.81. The summed E-state index contributed by atoms with van der Waals surface area (Å²) in [5, 5.41) is 13.2. The molecule has 3 rings (SSSR count). The van der Waals surface area contributed by atoms with Gasteiger partial charge in [0, 0.05) is 17.1 Å². The van der Waals surface area contributed by atoms with Gasteiger partial charge in [-0.2, -0.15) is 0 Å². The minimum atomic E-state index is -0.883. The van der Waals surface area contributed by atoms with E-state index in [-0.39, 0.29) is 17.1 Å². The van der Waals surface area contributed by atoms with Gasteiger partial charge in [0.05, 0.1) is 5.56 Å². The van der Waals surface area contributed by atoms with Crippen LogP contribution >= 0.6 is 0 Å². The maximum absolute atomic E-state index is 11.2. The molecule has 3 heteroatoms. The van der Waals surface area contributed by atoms with Crippen LogP contribution in [0.3, 0.4) is 0 Å². The van der Waals surface area contributed by atoms with Crippen molar-refractivity contribution < 1.29 is 27.0 Å². The molecule has 1 N–H and O–H groups in total. The number of carboxylic acids is 1. The Kier molecular flexibility index (Phi) is 3.37. The minimum absolute atomic E-state index is 0. The van der Waals surface area contributed by atoms with Crippen molar-refractivity contribution in [3.05, 3.63) is 60.2 Å². The summed E-state index contributed by atoms with van der Waals surface area (Å²) < 4.78 is 0. The van der Waals surface area contributed by atoms with E-state index < -0.39 is 5.97 Å². The van der Waals surface area contributed by atoms with Gasteiger partial charge >= 0.3 is 5.97 Å². The Bertz CT molecular complexity index is 735. The quantitative estimate of drug-likeness (QED) is 0.547. The third-order valence-corrected chi connectivity index (χ3v) is 3.02. The van der Waals surface area contributed by atoms with Gasteiger partial charge in [-0.05, 0) is 27.6 Å². The van der Waals surface area contributed by atoms with Crippen LogP contribution in [0.4, 0.5) is 0 Å². The van der Waals surface area contributed by atoms with Gasteiger partial charge in [-0.15, -0.1) is 0 Å². The Balaban J connectivity index is 0.00000120. The summed E-state index contributed by atoms with van der Waals surface area (Å²) >= 11 is 0. The maximum atomic E-state index is 11.2. The number of aromatic carboxylic acids is 1. The second-order valence-electron chi connectivity index (χ2n) is 3.99. The average molecular weight is 286 g/mol. The fraction of sp³-hybridized carbons (Fsp3) is 0. The number of benzene rings is 3. The number of hydrogen-bond donors (Lipinski definition) is 1. The molecule has 93 valence electrons. The van der Waals surface area contributed by atoms with Crippen molar-refractivity contribution in [1.82, 2.24) is 0 Å². The zero-order valence-electron chi connectivity index (χ0n) is 9.35. The standard InChI is InChI=1S/C15H10O2.Cu/c16-15(17)14-7-3-6-12-11-5-2-1-4-10(11)8-9-13(12)14;/h1-9H,(H,16,17);. The first-order valence-electron chi connectivity index (χ1n) is 5.41. The Hall–Kier alpha value is -1.83. The maximum Gasteiger partial charge on any atom is 0.336 e. The van der Waals surface area contributed by atoms with Gasteiger partial charge in [0.1, 0.15) is 0 Å². The molecule has 0 saturated heterocycles. The summed E-state index contributed by atoms with van der Waals surface area (Å²) in [6.07, 6.45) is 0. The smallest absolute Gasteiger partial charge is 0.336 e. The molecule has 0 aliphatic heterocycles. The number of hydrogen-bond acceptors (Lipinski definition) is 1. The fourth-order valence-electron chi connectivity index (χ4n) is 2.23. The van der Waals surface area contributed by atoms with Crippen molar-refractivity contribution in [2.45, 2.75) is 0 Å². The van der Waals surface area contributed by atoms with Crippen LogP contribution in [0.2, 0.25) is 0 Å². The fourth-order valence-corrected chi connectivity index (χ4v) is 2.23. The molecule has 0 amide bonds. The summed E-state index contributed by atoms with van der Waals surface area (Å²) in [5.74, 6) is -0.883. The summed E-state index contributed by atoms with van der Waals surface area (Å²) in [4.78, 5) is 11.2. The third-order valence-electron chi connectivity index (χ3n) is 3.02. The molecule has 0 aliphatic rings. The Morgan fingerprint density at radius 1 is 0.778 bits per heavy atom. The van der Waals surface area contributed by atoms with Crippen LogP contribution in [-0.4, -0.2) is 11.1 Å². The zero-order chi connectivity index (χ0) is 11.8. The van der Waals surface area contributed by atoms with Gasteiger partial charge in [0.15, 0.2) is 0 Å². The molecule has 0 heterocycles. The predicted octanol–water partition coefficient (Wildman–Crippen LogP) is 3.69. The molecular formula is C15H10CuO2. The van der Waals surface area contributed by atoms with Crippen molar-refractivity contribution in [2.24, 2.45) is 0 Å². The van der Waals surface area contributed by atoms with Gasteiger partial charge in [-0.1, -0.05) is 48.5 Å². The van der Waals surface area contributed by atoms with E-state index in [0.717, 1.165) is 21.5 Å². The molecule has 0 spiro atoms. The Morgan fingerprint density at radius 3 is 2.28 bits per heavy atom. The number of rotatable bonds is 1. The summed E-state index contributed by atoms with van der Waals surface area (Å²) in [6.45, 7) is 0. The van der Waals surface area contributed by atoms with Gasteiger partial charge in [0.25, 0.3) is 0 Å². The molecule has 0 aliphatic carbocycles. The summed E-state index contributed by atoms with van der Waals surface area (Å²) in [7, 11) is 0. The van der Waals surface area contributed by atoms with E-state index >= 15 is 0 Å². The van der Waals surface area contributed by atoms with Crippen molar-refractivity contribution >= 4 is 27.5 Å². The molecule has 3 aromatic rings. The van der Waals surface area contributed by atoms with E-state index in [2.05, 4.69) is 0 Å².